The van der Waals surface area contributed by atoms with E-state index < -0.39 is 5.97 Å². The SMILES string of the molecule is CCN(CC)c1noc(-c2cccc(C(=O)O)c2)n1. The van der Waals surface area contributed by atoms with Crippen LogP contribution in [0.1, 0.15) is 24.2 Å². The highest BCUT2D eigenvalue weighted by Gasteiger charge is 2.14. The molecule has 19 heavy (non-hydrogen) atoms. The van der Waals surface area contributed by atoms with Gasteiger partial charge in [-0.25, -0.2) is 4.79 Å². The molecule has 0 amide bonds. The molecular formula is C13H15N3O3. The summed E-state index contributed by atoms with van der Waals surface area (Å²) in [6.07, 6.45) is 0. The smallest absolute Gasteiger partial charge is 0.335 e. The number of rotatable bonds is 5. The van der Waals surface area contributed by atoms with Gasteiger partial charge in [-0.05, 0) is 37.2 Å². The Balaban J connectivity index is 2.32. The molecule has 0 bridgehead atoms. The minimum atomic E-state index is -0.981. The maximum absolute atomic E-state index is 10.9. The Morgan fingerprint density at radius 3 is 2.74 bits per heavy atom. The Labute approximate surface area is 110 Å². The van der Waals surface area contributed by atoms with Crippen LogP contribution in [0.2, 0.25) is 0 Å². The average molecular weight is 261 g/mol. The van der Waals surface area contributed by atoms with E-state index in [1.807, 2.05) is 18.7 Å². The van der Waals surface area contributed by atoms with Crippen molar-refractivity contribution in [2.45, 2.75) is 13.8 Å². The molecule has 0 radical (unpaired) electrons. The van der Waals surface area contributed by atoms with E-state index in [1.54, 1.807) is 12.1 Å². The van der Waals surface area contributed by atoms with Gasteiger partial charge in [0.2, 0.25) is 0 Å². The first kappa shape index (κ1) is 13.1. The van der Waals surface area contributed by atoms with Gasteiger partial charge in [0.1, 0.15) is 0 Å². The number of benzene rings is 1. The van der Waals surface area contributed by atoms with Crippen LogP contribution in [0.25, 0.3) is 11.5 Å². The lowest BCUT2D eigenvalue weighted by Gasteiger charge is -2.14. The van der Waals surface area contributed by atoms with E-state index in [2.05, 4.69) is 10.1 Å². The monoisotopic (exact) mass is 261 g/mol. The molecule has 0 aliphatic carbocycles. The van der Waals surface area contributed by atoms with Gasteiger partial charge >= 0.3 is 5.97 Å². The number of aromatic carboxylic acids is 1. The third-order valence-corrected chi connectivity index (χ3v) is 2.82. The number of carboxylic acids is 1. The molecule has 0 atom stereocenters. The van der Waals surface area contributed by atoms with E-state index in [9.17, 15) is 4.79 Å². The molecule has 0 saturated carbocycles. The van der Waals surface area contributed by atoms with Gasteiger partial charge < -0.3 is 14.5 Å². The van der Waals surface area contributed by atoms with Crippen molar-refractivity contribution in [2.75, 3.05) is 18.0 Å². The van der Waals surface area contributed by atoms with Crippen LogP contribution in [0.15, 0.2) is 28.8 Å². The van der Waals surface area contributed by atoms with Crippen molar-refractivity contribution in [1.82, 2.24) is 10.1 Å². The molecular weight excluding hydrogens is 246 g/mol. The summed E-state index contributed by atoms with van der Waals surface area (Å²) < 4.78 is 5.17. The van der Waals surface area contributed by atoms with Gasteiger partial charge in [0.25, 0.3) is 11.8 Å². The zero-order valence-corrected chi connectivity index (χ0v) is 10.8. The molecule has 0 spiro atoms. The number of nitrogens with zero attached hydrogens (tertiary/aromatic N) is 3. The molecule has 0 unspecified atom stereocenters. The van der Waals surface area contributed by atoms with E-state index in [0.29, 0.717) is 17.4 Å². The van der Waals surface area contributed by atoms with Crippen molar-refractivity contribution < 1.29 is 14.4 Å². The van der Waals surface area contributed by atoms with Crippen LogP contribution in [-0.2, 0) is 0 Å². The van der Waals surface area contributed by atoms with Crippen LogP contribution in [0.4, 0.5) is 5.95 Å². The van der Waals surface area contributed by atoms with E-state index in [4.69, 9.17) is 9.63 Å². The van der Waals surface area contributed by atoms with E-state index >= 15 is 0 Å². The highest BCUT2D eigenvalue weighted by atomic mass is 16.5. The molecule has 1 aromatic heterocycles. The number of carbonyl (C=O) groups is 1. The Hall–Kier alpha value is -2.37. The quantitative estimate of drug-likeness (QED) is 0.889. The molecule has 1 aromatic carbocycles. The lowest BCUT2D eigenvalue weighted by Crippen LogP contribution is -2.22. The largest absolute Gasteiger partial charge is 0.478 e. The predicted octanol–water partition coefficient (Wildman–Crippen LogP) is 2.28. The molecule has 0 aliphatic rings. The first-order valence-electron chi connectivity index (χ1n) is 6.08. The first-order chi connectivity index (χ1) is 9.15. The molecule has 0 fully saturated rings. The minimum absolute atomic E-state index is 0.195. The zero-order chi connectivity index (χ0) is 13.8. The molecule has 1 N–H and O–H groups in total. The molecule has 2 rings (SSSR count). The van der Waals surface area contributed by atoms with Crippen LogP contribution in [0.5, 0.6) is 0 Å². The molecule has 0 saturated heterocycles. The number of anilines is 1. The van der Waals surface area contributed by atoms with Crippen LogP contribution in [-0.4, -0.2) is 34.3 Å². The van der Waals surface area contributed by atoms with Crippen molar-refractivity contribution >= 4 is 11.9 Å². The Morgan fingerprint density at radius 2 is 2.11 bits per heavy atom. The summed E-state index contributed by atoms with van der Waals surface area (Å²) in [6.45, 7) is 5.57. The van der Waals surface area contributed by atoms with E-state index in [0.717, 1.165) is 13.1 Å². The highest BCUT2D eigenvalue weighted by molar-refractivity contribution is 5.88. The summed E-state index contributed by atoms with van der Waals surface area (Å²) in [7, 11) is 0. The van der Waals surface area contributed by atoms with Crippen molar-refractivity contribution in [1.29, 1.82) is 0 Å². The molecule has 1 heterocycles. The fraction of sp³-hybridized carbons (Fsp3) is 0.308. The summed E-state index contributed by atoms with van der Waals surface area (Å²) in [5.74, 6) is -0.143. The van der Waals surface area contributed by atoms with Crippen molar-refractivity contribution in [3.8, 4) is 11.5 Å². The fourth-order valence-electron chi connectivity index (χ4n) is 1.75. The normalized spacial score (nSPS) is 10.4. The summed E-state index contributed by atoms with van der Waals surface area (Å²) in [5, 5.41) is 12.9. The maximum atomic E-state index is 10.9. The first-order valence-corrected chi connectivity index (χ1v) is 6.08. The van der Waals surface area contributed by atoms with Crippen molar-refractivity contribution in [3.05, 3.63) is 29.8 Å². The Morgan fingerprint density at radius 1 is 1.37 bits per heavy atom. The van der Waals surface area contributed by atoms with Crippen LogP contribution in [0.3, 0.4) is 0 Å². The molecule has 2 aromatic rings. The molecule has 0 aliphatic heterocycles. The number of hydrogen-bond donors (Lipinski definition) is 1. The van der Waals surface area contributed by atoms with Crippen molar-refractivity contribution in [3.63, 3.8) is 0 Å². The van der Waals surface area contributed by atoms with Gasteiger partial charge in [0.15, 0.2) is 0 Å². The number of carboxylic acid groups (broad SMARTS) is 1. The average Bonchev–Trinajstić information content (AvgIpc) is 2.90. The molecule has 6 nitrogen and oxygen atoms in total. The minimum Gasteiger partial charge on any atom is -0.478 e. The summed E-state index contributed by atoms with van der Waals surface area (Å²) in [6, 6.07) is 6.43. The molecule has 100 valence electrons. The molecule has 6 heteroatoms. The van der Waals surface area contributed by atoms with Gasteiger partial charge in [-0.1, -0.05) is 6.07 Å². The lowest BCUT2D eigenvalue weighted by atomic mass is 10.1. The van der Waals surface area contributed by atoms with Gasteiger partial charge in [0, 0.05) is 18.7 Å². The van der Waals surface area contributed by atoms with Crippen LogP contribution < -0.4 is 4.90 Å². The van der Waals surface area contributed by atoms with E-state index in [1.165, 1.54) is 12.1 Å². The standard InChI is InChI=1S/C13H15N3O3/c1-3-16(4-2)13-14-11(19-15-13)9-6-5-7-10(8-9)12(17)18/h5-8H,3-4H2,1-2H3,(H,17,18). The summed E-state index contributed by atoms with van der Waals surface area (Å²) >= 11 is 0. The fourth-order valence-corrected chi connectivity index (χ4v) is 1.75. The topological polar surface area (TPSA) is 79.5 Å². The second kappa shape index (κ2) is 5.51. The van der Waals surface area contributed by atoms with Crippen LogP contribution >= 0.6 is 0 Å². The second-order valence-corrected chi connectivity index (χ2v) is 3.96. The number of aromatic nitrogens is 2. The van der Waals surface area contributed by atoms with Gasteiger partial charge in [-0.3, -0.25) is 0 Å². The van der Waals surface area contributed by atoms with E-state index in [-0.39, 0.29) is 5.56 Å². The highest BCUT2D eigenvalue weighted by Crippen LogP contribution is 2.21. The summed E-state index contributed by atoms with van der Waals surface area (Å²) in [5.41, 5.74) is 0.797. The summed E-state index contributed by atoms with van der Waals surface area (Å²) in [4.78, 5) is 17.1. The third kappa shape index (κ3) is 2.73. The predicted molar refractivity (Wildman–Crippen MR) is 70.3 cm³/mol. The Kier molecular flexibility index (Phi) is 3.79. The van der Waals surface area contributed by atoms with Crippen molar-refractivity contribution in [2.24, 2.45) is 0 Å². The maximum Gasteiger partial charge on any atom is 0.335 e. The third-order valence-electron chi connectivity index (χ3n) is 2.82. The lowest BCUT2D eigenvalue weighted by molar-refractivity contribution is 0.0697. The second-order valence-electron chi connectivity index (χ2n) is 3.96. The van der Waals surface area contributed by atoms with Gasteiger partial charge in [-0.15, -0.1) is 0 Å². The van der Waals surface area contributed by atoms with Gasteiger partial charge in [0.05, 0.1) is 5.56 Å². The Bertz CT molecular complexity index is 576. The van der Waals surface area contributed by atoms with Gasteiger partial charge in [-0.2, -0.15) is 4.98 Å². The zero-order valence-electron chi connectivity index (χ0n) is 10.8. The van der Waals surface area contributed by atoms with Crippen LogP contribution in [0, 0.1) is 0 Å². The number of hydrogen-bond acceptors (Lipinski definition) is 5.